The van der Waals surface area contributed by atoms with Crippen molar-refractivity contribution in [2.24, 2.45) is 0 Å². The minimum Gasteiger partial charge on any atom is -0.265 e. The standard InChI is InChI=1S/C32H20N2/c1-2-25(21-12-16-33-17-13-21)20-26(3-1)28-9-7-24-5-4-23-6-8-27(22-14-18-34-19-15-22)29-10-11-30(28)32(24)31(23)29/h1-20H. The second kappa shape index (κ2) is 7.50. The Labute approximate surface area is 197 Å². The van der Waals surface area contributed by atoms with Crippen LogP contribution in [0.15, 0.2) is 122 Å². The van der Waals surface area contributed by atoms with Crippen molar-refractivity contribution in [1.82, 2.24) is 9.97 Å². The molecule has 0 fully saturated rings. The summed E-state index contributed by atoms with van der Waals surface area (Å²) in [5.41, 5.74) is 7.29. The fourth-order valence-electron chi connectivity index (χ4n) is 5.25. The van der Waals surface area contributed by atoms with Gasteiger partial charge in [0, 0.05) is 24.8 Å². The number of pyridine rings is 2. The second-order valence-corrected chi connectivity index (χ2v) is 8.70. The number of benzene rings is 5. The largest absolute Gasteiger partial charge is 0.265 e. The second-order valence-electron chi connectivity index (χ2n) is 8.70. The number of hydrogen-bond donors (Lipinski definition) is 0. The van der Waals surface area contributed by atoms with E-state index in [0.29, 0.717) is 0 Å². The Morgan fingerprint density at radius 3 is 1.50 bits per heavy atom. The molecule has 158 valence electrons. The molecule has 0 aliphatic carbocycles. The fraction of sp³-hybridized carbons (Fsp3) is 0. The van der Waals surface area contributed by atoms with Gasteiger partial charge >= 0.3 is 0 Å². The molecule has 0 saturated carbocycles. The van der Waals surface area contributed by atoms with E-state index in [1.807, 2.05) is 24.8 Å². The van der Waals surface area contributed by atoms with E-state index in [1.54, 1.807) is 0 Å². The van der Waals surface area contributed by atoms with Crippen LogP contribution < -0.4 is 0 Å². The van der Waals surface area contributed by atoms with Crippen LogP contribution in [0.2, 0.25) is 0 Å². The normalized spacial score (nSPS) is 11.5. The van der Waals surface area contributed by atoms with Gasteiger partial charge in [0.15, 0.2) is 0 Å². The minimum atomic E-state index is 1.18. The van der Waals surface area contributed by atoms with Gasteiger partial charge in [0.25, 0.3) is 0 Å². The molecule has 0 spiro atoms. The van der Waals surface area contributed by atoms with Gasteiger partial charge in [0.2, 0.25) is 0 Å². The van der Waals surface area contributed by atoms with Crippen molar-refractivity contribution in [3.8, 4) is 33.4 Å². The molecule has 0 aliphatic heterocycles. The predicted molar refractivity (Wildman–Crippen MR) is 142 cm³/mol. The zero-order chi connectivity index (χ0) is 22.5. The maximum atomic E-state index is 4.20. The summed E-state index contributed by atoms with van der Waals surface area (Å²) in [7, 11) is 0. The molecule has 5 aromatic carbocycles. The Bertz CT molecular complexity index is 1790. The molecule has 0 bridgehead atoms. The van der Waals surface area contributed by atoms with Crippen molar-refractivity contribution >= 4 is 32.3 Å². The van der Waals surface area contributed by atoms with Gasteiger partial charge in [-0.05, 0) is 96.0 Å². The lowest BCUT2D eigenvalue weighted by atomic mass is 9.87. The third kappa shape index (κ3) is 2.89. The van der Waals surface area contributed by atoms with Crippen LogP contribution in [0, 0.1) is 0 Å². The molecule has 0 unspecified atom stereocenters. The van der Waals surface area contributed by atoms with Gasteiger partial charge in [-0.3, -0.25) is 9.97 Å². The molecule has 0 aliphatic rings. The highest BCUT2D eigenvalue weighted by Crippen LogP contribution is 2.42. The summed E-state index contributed by atoms with van der Waals surface area (Å²) in [6.07, 6.45) is 7.42. The molecule has 7 aromatic rings. The van der Waals surface area contributed by atoms with Crippen molar-refractivity contribution in [3.05, 3.63) is 122 Å². The van der Waals surface area contributed by atoms with E-state index in [1.165, 1.54) is 65.7 Å². The fourth-order valence-corrected chi connectivity index (χ4v) is 5.25. The van der Waals surface area contributed by atoms with Crippen molar-refractivity contribution in [2.45, 2.75) is 0 Å². The lowest BCUT2D eigenvalue weighted by Crippen LogP contribution is -1.90. The average molecular weight is 433 g/mol. The first-order valence-electron chi connectivity index (χ1n) is 11.5. The van der Waals surface area contributed by atoms with Crippen LogP contribution in [-0.4, -0.2) is 9.97 Å². The van der Waals surface area contributed by atoms with Crippen LogP contribution in [0.4, 0.5) is 0 Å². The van der Waals surface area contributed by atoms with E-state index in [-0.39, 0.29) is 0 Å². The van der Waals surface area contributed by atoms with Gasteiger partial charge in [0.05, 0.1) is 0 Å². The van der Waals surface area contributed by atoms with Gasteiger partial charge in [-0.25, -0.2) is 0 Å². The van der Waals surface area contributed by atoms with Crippen molar-refractivity contribution in [1.29, 1.82) is 0 Å². The maximum absolute atomic E-state index is 4.20. The van der Waals surface area contributed by atoms with E-state index in [9.17, 15) is 0 Å². The average Bonchev–Trinajstić information content (AvgIpc) is 2.92. The third-order valence-electron chi connectivity index (χ3n) is 6.84. The molecule has 0 atom stereocenters. The highest BCUT2D eigenvalue weighted by atomic mass is 14.6. The molecule has 2 nitrogen and oxygen atoms in total. The summed E-state index contributed by atoms with van der Waals surface area (Å²) >= 11 is 0. The number of nitrogens with zero attached hydrogens (tertiary/aromatic N) is 2. The van der Waals surface area contributed by atoms with Crippen LogP contribution in [0.5, 0.6) is 0 Å². The first-order valence-corrected chi connectivity index (χ1v) is 11.5. The topological polar surface area (TPSA) is 25.8 Å². The molecule has 0 saturated heterocycles. The number of hydrogen-bond acceptors (Lipinski definition) is 2. The zero-order valence-electron chi connectivity index (χ0n) is 18.4. The summed E-state index contributed by atoms with van der Waals surface area (Å²) in [6.45, 7) is 0. The SMILES string of the molecule is c1cc(-c2ccncc2)cc(-c2ccc3ccc4ccc(-c5ccncc5)c5ccc2c3c45)c1. The van der Waals surface area contributed by atoms with Gasteiger partial charge in [-0.2, -0.15) is 0 Å². The van der Waals surface area contributed by atoms with Crippen molar-refractivity contribution < 1.29 is 0 Å². The quantitative estimate of drug-likeness (QED) is 0.262. The molecule has 7 rings (SSSR count). The Kier molecular flexibility index (Phi) is 4.18. The molecular formula is C32H20N2. The number of aromatic nitrogens is 2. The van der Waals surface area contributed by atoms with Gasteiger partial charge in [-0.1, -0.05) is 66.7 Å². The van der Waals surface area contributed by atoms with E-state index < -0.39 is 0 Å². The molecular weight excluding hydrogens is 412 g/mol. The zero-order valence-corrected chi connectivity index (χ0v) is 18.4. The Morgan fingerprint density at radius 2 is 0.882 bits per heavy atom. The van der Waals surface area contributed by atoms with Gasteiger partial charge in [-0.15, -0.1) is 0 Å². The molecule has 2 heteroatoms. The highest BCUT2D eigenvalue weighted by molar-refractivity contribution is 6.27. The van der Waals surface area contributed by atoms with Gasteiger partial charge in [0.1, 0.15) is 0 Å². The smallest absolute Gasteiger partial charge is 0.0273 e. The van der Waals surface area contributed by atoms with Crippen LogP contribution in [-0.2, 0) is 0 Å². The predicted octanol–water partition coefficient (Wildman–Crippen LogP) is 8.38. The van der Waals surface area contributed by atoms with Crippen molar-refractivity contribution in [2.75, 3.05) is 0 Å². The van der Waals surface area contributed by atoms with E-state index >= 15 is 0 Å². The van der Waals surface area contributed by atoms with Crippen molar-refractivity contribution in [3.63, 3.8) is 0 Å². The summed E-state index contributed by atoms with van der Waals surface area (Å²) in [5.74, 6) is 0. The monoisotopic (exact) mass is 432 g/mol. The van der Waals surface area contributed by atoms with Crippen LogP contribution in [0.3, 0.4) is 0 Å². The first-order chi connectivity index (χ1) is 16.9. The highest BCUT2D eigenvalue weighted by Gasteiger charge is 2.15. The minimum absolute atomic E-state index is 1.18. The van der Waals surface area contributed by atoms with E-state index in [0.717, 1.165) is 0 Å². The summed E-state index contributed by atoms with van der Waals surface area (Å²) in [6, 6.07) is 35.1. The molecule has 2 aromatic heterocycles. The third-order valence-corrected chi connectivity index (χ3v) is 6.84. The maximum Gasteiger partial charge on any atom is 0.0273 e. The molecule has 34 heavy (non-hydrogen) atoms. The van der Waals surface area contributed by atoms with Crippen LogP contribution in [0.1, 0.15) is 0 Å². The van der Waals surface area contributed by atoms with E-state index in [4.69, 9.17) is 0 Å². The lowest BCUT2D eigenvalue weighted by molar-refractivity contribution is 1.33. The Balaban J connectivity index is 1.51. The molecule has 2 heterocycles. The van der Waals surface area contributed by atoms with Crippen LogP contribution in [0.25, 0.3) is 65.7 Å². The van der Waals surface area contributed by atoms with Crippen LogP contribution >= 0.6 is 0 Å². The molecule has 0 radical (unpaired) electrons. The Morgan fingerprint density at radius 1 is 0.382 bits per heavy atom. The summed E-state index contributed by atoms with van der Waals surface area (Å²) in [5, 5.41) is 7.77. The first kappa shape index (κ1) is 19.0. The van der Waals surface area contributed by atoms with Gasteiger partial charge < -0.3 is 0 Å². The lowest BCUT2D eigenvalue weighted by Gasteiger charge is -2.17. The summed E-state index contributed by atoms with van der Waals surface area (Å²) < 4.78 is 0. The molecule has 0 N–H and O–H groups in total. The summed E-state index contributed by atoms with van der Waals surface area (Å²) in [4.78, 5) is 8.37. The molecule has 0 amide bonds. The van der Waals surface area contributed by atoms with E-state index in [2.05, 4.69) is 107 Å². The Hall–Kier alpha value is -4.56. The number of rotatable bonds is 3.